The molecule has 0 saturated carbocycles. The summed E-state index contributed by atoms with van der Waals surface area (Å²) in [6, 6.07) is 7.75. The van der Waals surface area contributed by atoms with Crippen molar-refractivity contribution in [2.24, 2.45) is 0 Å². The number of hydrogen-bond donors (Lipinski definition) is 0. The molecule has 2 unspecified atom stereocenters. The van der Waals surface area contributed by atoms with Gasteiger partial charge in [0.2, 0.25) is 6.79 Å². The minimum absolute atomic E-state index is 0.357. The van der Waals surface area contributed by atoms with E-state index in [1.807, 2.05) is 6.07 Å². The van der Waals surface area contributed by atoms with E-state index >= 15 is 0 Å². The molecule has 1 aromatic carbocycles. The van der Waals surface area contributed by atoms with E-state index in [1.165, 1.54) is 38.0 Å². The van der Waals surface area contributed by atoms with E-state index in [2.05, 4.69) is 28.9 Å². The van der Waals surface area contributed by atoms with Crippen LogP contribution < -0.4 is 9.47 Å². The molecule has 1 aromatic rings. The Labute approximate surface area is 120 Å². The number of ether oxygens (including phenoxy) is 2. The molecular weight excluding hydrogens is 252 g/mol. The predicted octanol–water partition coefficient (Wildman–Crippen LogP) is 2.08. The van der Waals surface area contributed by atoms with Crippen molar-refractivity contribution in [2.45, 2.75) is 38.4 Å². The molecule has 0 aliphatic carbocycles. The van der Waals surface area contributed by atoms with Gasteiger partial charge < -0.3 is 9.47 Å². The average molecular weight is 274 g/mol. The molecule has 4 rings (SSSR count). The summed E-state index contributed by atoms with van der Waals surface area (Å²) in [6.45, 7) is 7.44. The van der Waals surface area contributed by atoms with E-state index in [9.17, 15) is 0 Å². The van der Waals surface area contributed by atoms with Crippen molar-refractivity contribution in [2.75, 3.05) is 26.4 Å². The van der Waals surface area contributed by atoms with Gasteiger partial charge >= 0.3 is 0 Å². The zero-order valence-electron chi connectivity index (χ0n) is 12.0. The Morgan fingerprint density at radius 3 is 3.05 bits per heavy atom. The molecule has 3 heterocycles. The summed E-state index contributed by atoms with van der Waals surface area (Å²) in [5.41, 5.74) is 1.33. The third kappa shape index (κ3) is 2.17. The lowest BCUT2D eigenvalue weighted by molar-refractivity contribution is 0.0540. The molecule has 3 aliphatic heterocycles. The van der Waals surface area contributed by atoms with Crippen LogP contribution in [0.2, 0.25) is 0 Å². The van der Waals surface area contributed by atoms with Crippen LogP contribution in [0.15, 0.2) is 18.2 Å². The van der Waals surface area contributed by atoms with E-state index < -0.39 is 0 Å². The van der Waals surface area contributed by atoms with E-state index in [0.29, 0.717) is 12.8 Å². The maximum absolute atomic E-state index is 5.48. The first-order valence-corrected chi connectivity index (χ1v) is 7.66. The molecule has 0 spiro atoms. The smallest absolute Gasteiger partial charge is 0.231 e. The van der Waals surface area contributed by atoms with Gasteiger partial charge in [0.1, 0.15) is 0 Å². The number of nitrogens with zero attached hydrogens (tertiary/aromatic N) is 2. The highest BCUT2D eigenvalue weighted by Crippen LogP contribution is 2.33. The number of fused-ring (bicyclic) bond motifs is 2. The SMILES string of the molecule is CC1CN2CCCC2CN1Cc1ccc2c(c1)OCO2. The number of piperazine rings is 1. The first kappa shape index (κ1) is 12.5. The van der Waals surface area contributed by atoms with Gasteiger partial charge in [-0.05, 0) is 44.0 Å². The zero-order valence-corrected chi connectivity index (χ0v) is 12.0. The molecule has 2 fully saturated rings. The monoisotopic (exact) mass is 274 g/mol. The summed E-state index contributed by atoms with van der Waals surface area (Å²) < 4.78 is 10.9. The lowest BCUT2D eigenvalue weighted by atomic mass is 10.1. The lowest BCUT2D eigenvalue weighted by Crippen LogP contribution is -2.54. The highest BCUT2D eigenvalue weighted by atomic mass is 16.7. The van der Waals surface area contributed by atoms with Gasteiger partial charge in [-0.2, -0.15) is 0 Å². The van der Waals surface area contributed by atoms with E-state index in [0.717, 1.165) is 24.1 Å². The average Bonchev–Trinajstić information content (AvgIpc) is 3.06. The molecule has 0 N–H and O–H groups in total. The van der Waals surface area contributed by atoms with E-state index in [4.69, 9.17) is 9.47 Å². The normalized spacial score (nSPS) is 29.6. The number of hydrogen-bond acceptors (Lipinski definition) is 4. The molecule has 0 radical (unpaired) electrons. The van der Waals surface area contributed by atoms with Crippen molar-refractivity contribution in [1.29, 1.82) is 0 Å². The molecule has 0 amide bonds. The highest BCUT2D eigenvalue weighted by Gasteiger charge is 2.34. The minimum Gasteiger partial charge on any atom is -0.454 e. The van der Waals surface area contributed by atoms with Crippen LogP contribution in [0.1, 0.15) is 25.3 Å². The fourth-order valence-electron chi connectivity index (χ4n) is 3.74. The van der Waals surface area contributed by atoms with Crippen LogP contribution in [0.3, 0.4) is 0 Å². The fraction of sp³-hybridized carbons (Fsp3) is 0.625. The molecule has 0 bridgehead atoms. The van der Waals surface area contributed by atoms with Crippen molar-refractivity contribution in [1.82, 2.24) is 9.80 Å². The van der Waals surface area contributed by atoms with Crippen molar-refractivity contribution < 1.29 is 9.47 Å². The summed E-state index contributed by atoms with van der Waals surface area (Å²) in [5, 5.41) is 0. The van der Waals surface area contributed by atoms with Crippen LogP contribution >= 0.6 is 0 Å². The van der Waals surface area contributed by atoms with E-state index in [-0.39, 0.29) is 0 Å². The van der Waals surface area contributed by atoms with Crippen molar-refractivity contribution in [3.8, 4) is 11.5 Å². The Balaban J connectivity index is 1.48. The highest BCUT2D eigenvalue weighted by molar-refractivity contribution is 5.44. The topological polar surface area (TPSA) is 24.9 Å². The quantitative estimate of drug-likeness (QED) is 0.824. The first-order chi connectivity index (χ1) is 9.79. The largest absolute Gasteiger partial charge is 0.454 e. The fourth-order valence-corrected chi connectivity index (χ4v) is 3.74. The van der Waals surface area contributed by atoms with Crippen LogP contribution in [-0.2, 0) is 6.54 Å². The van der Waals surface area contributed by atoms with E-state index in [1.54, 1.807) is 0 Å². The van der Waals surface area contributed by atoms with Crippen LogP contribution in [0, 0.1) is 0 Å². The number of rotatable bonds is 2. The first-order valence-electron chi connectivity index (χ1n) is 7.66. The Morgan fingerprint density at radius 1 is 1.20 bits per heavy atom. The Hall–Kier alpha value is -1.26. The van der Waals surface area contributed by atoms with Gasteiger partial charge in [-0.1, -0.05) is 6.07 Å². The minimum atomic E-state index is 0.357. The molecule has 3 aliphatic rings. The molecule has 4 heteroatoms. The molecule has 2 saturated heterocycles. The van der Waals surface area contributed by atoms with Crippen LogP contribution in [-0.4, -0.2) is 48.3 Å². The maximum atomic E-state index is 5.48. The molecule has 4 nitrogen and oxygen atoms in total. The van der Waals surface area contributed by atoms with Crippen LogP contribution in [0.25, 0.3) is 0 Å². The van der Waals surface area contributed by atoms with Crippen LogP contribution in [0.5, 0.6) is 11.5 Å². The Morgan fingerprint density at radius 2 is 2.10 bits per heavy atom. The lowest BCUT2D eigenvalue weighted by Gasteiger charge is -2.42. The van der Waals surface area contributed by atoms with Crippen molar-refractivity contribution in [3.63, 3.8) is 0 Å². The maximum Gasteiger partial charge on any atom is 0.231 e. The Bertz CT molecular complexity index is 505. The van der Waals surface area contributed by atoms with Gasteiger partial charge in [-0.25, -0.2) is 0 Å². The third-order valence-corrected chi connectivity index (χ3v) is 4.89. The molecular formula is C16H22N2O2. The molecule has 20 heavy (non-hydrogen) atoms. The molecule has 2 atom stereocenters. The van der Waals surface area contributed by atoms with Crippen molar-refractivity contribution in [3.05, 3.63) is 23.8 Å². The third-order valence-electron chi connectivity index (χ3n) is 4.89. The second kappa shape index (κ2) is 4.93. The number of benzene rings is 1. The van der Waals surface area contributed by atoms with Gasteiger partial charge in [0, 0.05) is 31.7 Å². The second-order valence-corrected chi connectivity index (χ2v) is 6.26. The molecule has 0 aromatic heterocycles. The molecule has 108 valence electrons. The summed E-state index contributed by atoms with van der Waals surface area (Å²) in [7, 11) is 0. The van der Waals surface area contributed by atoms with Crippen molar-refractivity contribution >= 4 is 0 Å². The Kier molecular flexibility index (Phi) is 3.08. The standard InChI is InChI=1S/C16H22N2O2/c1-12-8-17-6-2-3-14(17)10-18(12)9-13-4-5-15-16(7-13)20-11-19-15/h4-5,7,12,14H,2-3,6,8-11H2,1H3. The van der Waals surface area contributed by atoms with Gasteiger partial charge in [-0.3, -0.25) is 9.80 Å². The summed E-state index contributed by atoms with van der Waals surface area (Å²) in [4.78, 5) is 5.28. The summed E-state index contributed by atoms with van der Waals surface area (Å²) >= 11 is 0. The van der Waals surface area contributed by atoms with Gasteiger partial charge in [-0.15, -0.1) is 0 Å². The zero-order chi connectivity index (χ0) is 13.5. The predicted molar refractivity (Wildman–Crippen MR) is 77.0 cm³/mol. The van der Waals surface area contributed by atoms with Gasteiger partial charge in [0.15, 0.2) is 11.5 Å². The summed E-state index contributed by atoms with van der Waals surface area (Å²) in [6.07, 6.45) is 2.74. The second-order valence-electron chi connectivity index (χ2n) is 6.26. The summed E-state index contributed by atoms with van der Waals surface area (Å²) in [5.74, 6) is 1.78. The van der Waals surface area contributed by atoms with Gasteiger partial charge in [0.05, 0.1) is 0 Å². The van der Waals surface area contributed by atoms with Crippen LogP contribution in [0.4, 0.5) is 0 Å². The van der Waals surface area contributed by atoms with Gasteiger partial charge in [0.25, 0.3) is 0 Å².